The first-order valence-electron chi connectivity index (χ1n) is 8.95. The van der Waals surface area contributed by atoms with E-state index in [-0.39, 0.29) is 17.7 Å². The van der Waals surface area contributed by atoms with Crippen LogP contribution in [-0.4, -0.2) is 35.8 Å². The number of halogens is 1. The lowest BCUT2D eigenvalue weighted by Gasteiger charge is -2.31. The van der Waals surface area contributed by atoms with Crippen molar-refractivity contribution in [3.8, 4) is 0 Å². The largest absolute Gasteiger partial charge is 0.355 e. The van der Waals surface area contributed by atoms with Gasteiger partial charge in [-0.25, -0.2) is 0 Å². The molecule has 130 valence electrons. The number of amides is 2. The van der Waals surface area contributed by atoms with Crippen LogP contribution in [0, 0.1) is 5.92 Å². The Morgan fingerprint density at radius 3 is 2.71 bits per heavy atom. The van der Waals surface area contributed by atoms with Crippen LogP contribution in [0.3, 0.4) is 0 Å². The molecule has 0 spiro atoms. The van der Waals surface area contributed by atoms with Crippen LogP contribution in [-0.2, 0) is 16.0 Å². The maximum absolute atomic E-state index is 12.4. The Bertz CT molecular complexity index is 599. The number of carbonyl (C=O) groups excluding carboxylic acids is 2. The van der Waals surface area contributed by atoms with Crippen LogP contribution < -0.4 is 5.32 Å². The summed E-state index contributed by atoms with van der Waals surface area (Å²) in [6, 6.07) is 8.02. The van der Waals surface area contributed by atoms with Gasteiger partial charge in [0.05, 0.1) is 5.92 Å². The summed E-state index contributed by atoms with van der Waals surface area (Å²) in [6.07, 6.45) is 6.91. The highest BCUT2D eigenvalue weighted by molar-refractivity contribution is 6.31. The van der Waals surface area contributed by atoms with Gasteiger partial charge < -0.3 is 10.2 Å². The van der Waals surface area contributed by atoms with E-state index >= 15 is 0 Å². The number of nitrogens with one attached hydrogen (secondary N) is 1. The molecule has 2 amide bonds. The van der Waals surface area contributed by atoms with E-state index in [2.05, 4.69) is 5.32 Å². The first-order valence-corrected chi connectivity index (χ1v) is 9.33. The molecule has 1 saturated carbocycles. The molecule has 2 aliphatic rings. The zero-order chi connectivity index (χ0) is 16.9. The average molecular weight is 349 g/mol. The number of nitrogens with zero attached hydrogens (tertiary/aromatic N) is 1. The normalized spacial score (nSPS) is 22.0. The molecule has 1 aliphatic carbocycles. The van der Waals surface area contributed by atoms with E-state index in [0.29, 0.717) is 32.0 Å². The number of benzene rings is 1. The van der Waals surface area contributed by atoms with Crippen molar-refractivity contribution in [3.63, 3.8) is 0 Å². The van der Waals surface area contributed by atoms with Crippen molar-refractivity contribution < 1.29 is 9.59 Å². The van der Waals surface area contributed by atoms with E-state index in [9.17, 15) is 9.59 Å². The van der Waals surface area contributed by atoms with Crippen molar-refractivity contribution in [1.82, 2.24) is 10.2 Å². The molecule has 5 heteroatoms. The minimum absolute atomic E-state index is 0.00582. The Morgan fingerprint density at radius 1 is 1.21 bits per heavy atom. The fourth-order valence-electron chi connectivity index (χ4n) is 3.82. The van der Waals surface area contributed by atoms with Gasteiger partial charge in [0.1, 0.15) is 0 Å². The van der Waals surface area contributed by atoms with Crippen LogP contribution in [0.2, 0.25) is 5.02 Å². The molecule has 4 nitrogen and oxygen atoms in total. The molecular weight excluding hydrogens is 324 g/mol. The Morgan fingerprint density at radius 2 is 1.96 bits per heavy atom. The second-order valence-corrected chi connectivity index (χ2v) is 7.28. The summed E-state index contributed by atoms with van der Waals surface area (Å²) in [5.41, 5.74) is 1.03. The summed E-state index contributed by atoms with van der Waals surface area (Å²) in [5, 5.41) is 3.70. The monoisotopic (exact) mass is 348 g/mol. The van der Waals surface area contributed by atoms with Gasteiger partial charge >= 0.3 is 0 Å². The molecule has 1 aliphatic heterocycles. The fourth-order valence-corrected chi connectivity index (χ4v) is 4.05. The van der Waals surface area contributed by atoms with Gasteiger partial charge in [-0.2, -0.15) is 0 Å². The zero-order valence-corrected chi connectivity index (χ0v) is 14.7. The fraction of sp³-hybridized carbons (Fsp3) is 0.579. The predicted octanol–water partition coefficient (Wildman–Crippen LogP) is 3.18. The Kier molecular flexibility index (Phi) is 5.77. The Balaban J connectivity index is 1.47. The number of hydrogen-bond acceptors (Lipinski definition) is 2. The summed E-state index contributed by atoms with van der Waals surface area (Å²) < 4.78 is 0. The minimum Gasteiger partial charge on any atom is -0.355 e. The van der Waals surface area contributed by atoms with Crippen LogP contribution >= 0.6 is 11.6 Å². The van der Waals surface area contributed by atoms with Gasteiger partial charge in [0, 0.05) is 30.6 Å². The Hall–Kier alpha value is -1.55. The molecule has 1 N–H and O–H groups in total. The molecule has 1 saturated heterocycles. The third kappa shape index (κ3) is 4.10. The van der Waals surface area contributed by atoms with Crippen molar-refractivity contribution in [2.24, 2.45) is 5.92 Å². The lowest BCUT2D eigenvalue weighted by molar-refractivity contribution is -0.130. The van der Waals surface area contributed by atoms with E-state index in [1.165, 1.54) is 19.3 Å². The number of carbonyl (C=O) groups is 2. The molecule has 3 rings (SSSR count). The van der Waals surface area contributed by atoms with E-state index < -0.39 is 0 Å². The van der Waals surface area contributed by atoms with E-state index in [4.69, 9.17) is 11.6 Å². The van der Waals surface area contributed by atoms with E-state index in [1.807, 2.05) is 29.2 Å². The molecule has 0 unspecified atom stereocenters. The van der Waals surface area contributed by atoms with E-state index in [0.717, 1.165) is 23.4 Å². The highest BCUT2D eigenvalue weighted by Gasteiger charge is 2.37. The zero-order valence-electron chi connectivity index (χ0n) is 14.0. The molecule has 0 bridgehead atoms. The first kappa shape index (κ1) is 17.3. The SMILES string of the molecule is O=C(NCCc1ccccc1Cl)[C@@H]1CC(=O)N(C2CCCCC2)C1. The summed E-state index contributed by atoms with van der Waals surface area (Å²) in [4.78, 5) is 26.6. The standard InChI is InChI=1S/C19H25ClN2O2/c20-17-9-5-4-6-14(17)10-11-21-19(24)15-12-18(23)22(13-15)16-7-2-1-3-8-16/h4-6,9,15-16H,1-3,7-8,10-13H2,(H,21,24)/t15-/m1/s1. The van der Waals surface area contributed by atoms with Gasteiger partial charge in [0.25, 0.3) is 0 Å². The van der Waals surface area contributed by atoms with Gasteiger partial charge in [-0.15, -0.1) is 0 Å². The summed E-state index contributed by atoms with van der Waals surface area (Å²) >= 11 is 6.13. The quantitative estimate of drug-likeness (QED) is 0.888. The van der Waals surface area contributed by atoms with Crippen molar-refractivity contribution in [2.75, 3.05) is 13.1 Å². The van der Waals surface area contributed by atoms with Crippen molar-refractivity contribution in [3.05, 3.63) is 34.9 Å². The summed E-state index contributed by atoms with van der Waals surface area (Å²) in [5.74, 6) is -0.0625. The second kappa shape index (κ2) is 8.02. The molecule has 2 fully saturated rings. The minimum atomic E-state index is -0.203. The molecule has 1 heterocycles. The second-order valence-electron chi connectivity index (χ2n) is 6.87. The van der Waals surface area contributed by atoms with Crippen molar-refractivity contribution >= 4 is 23.4 Å². The van der Waals surface area contributed by atoms with Gasteiger partial charge in [-0.1, -0.05) is 49.1 Å². The molecule has 24 heavy (non-hydrogen) atoms. The lowest BCUT2D eigenvalue weighted by Crippen LogP contribution is -2.39. The maximum Gasteiger partial charge on any atom is 0.225 e. The van der Waals surface area contributed by atoms with Gasteiger partial charge in [-0.3, -0.25) is 9.59 Å². The molecule has 1 aromatic carbocycles. The summed E-state index contributed by atoms with van der Waals surface area (Å²) in [6.45, 7) is 1.14. The van der Waals surface area contributed by atoms with Gasteiger partial charge in [0.15, 0.2) is 0 Å². The van der Waals surface area contributed by atoms with Crippen LogP contribution in [0.15, 0.2) is 24.3 Å². The summed E-state index contributed by atoms with van der Waals surface area (Å²) in [7, 11) is 0. The van der Waals surface area contributed by atoms with Crippen LogP contribution in [0.1, 0.15) is 44.1 Å². The molecule has 0 aromatic heterocycles. The van der Waals surface area contributed by atoms with Crippen LogP contribution in [0.5, 0.6) is 0 Å². The van der Waals surface area contributed by atoms with Gasteiger partial charge in [-0.05, 0) is 30.9 Å². The van der Waals surface area contributed by atoms with E-state index in [1.54, 1.807) is 0 Å². The topological polar surface area (TPSA) is 49.4 Å². The molecule has 1 aromatic rings. The highest BCUT2D eigenvalue weighted by atomic mass is 35.5. The highest BCUT2D eigenvalue weighted by Crippen LogP contribution is 2.28. The number of likely N-dealkylation sites (tertiary alicyclic amines) is 1. The lowest BCUT2D eigenvalue weighted by atomic mass is 9.94. The predicted molar refractivity (Wildman–Crippen MR) is 94.9 cm³/mol. The molecule has 0 radical (unpaired) electrons. The number of rotatable bonds is 5. The van der Waals surface area contributed by atoms with Crippen LogP contribution in [0.25, 0.3) is 0 Å². The van der Waals surface area contributed by atoms with Gasteiger partial charge in [0.2, 0.25) is 11.8 Å². The molecule has 1 atom stereocenters. The number of hydrogen-bond donors (Lipinski definition) is 1. The maximum atomic E-state index is 12.4. The smallest absolute Gasteiger partial charge is 0.225 e. The first-order chi connectivity index (χ1) is 11.6. The van der Waals surface area contributed by atoms with Crippen molar-refractivity contribution in [2.45, 2.75) is 51.0 Å². The van der Waals surface area contributed by atoms with Crippen molar-refractivity contribution in [1.29, 1.82) is 0 Å². The third-order valence-corrected chi connectivity index (χ3v) is 5.56. The van der Waals surface area contributed by atoms with Crippen LogP contribution in [0.4, 0.5) is 0 Å². The Labute approximate surface area is 148 Å². The molecular formula is C19H25ClN2O2. The third-order valence-electron chi connectivity index (χ3n) is 5.20. The average Bonchev–Trinajstić information content (AvgIpc) is 2.99.